The summed E-state index contributed by atoms with van der Waals surface area (Å²) in [5, 5.41) is 0. The molecule has 0 fully saturated rings. The zero-order valence-corrected chi connectivity index (χ0v) is 15.6. The fourth-order valence-corrected chi connectivity index (χ4v) is 2.80. The Morgan fingerprint density at radius 3 is 2.33 bits per heavy atom. The van der Waals surface area contributed by atoms with Crippen LogP contribution in [0.15, 0.2) is 35.7 Å². The van der Waals surface area contributed by atoms with Crippen LogP contribution in [0.4, 0.5) is 5.69 Å². The van der Waals surface area contributed by atoms with Crippen molar-refractivity contribution in [3.05, 3.63) is 36.4 Å². The predicted octanol–water partition coefficient (Wildman–Crippen LogP) is 6.31. The Morgan fingerprint density at radius 2 is 1.86 bits per heavy atom. The second-order valence-corrected chi connectivity index (χ2v) is 6.18. The van der Waals surface area contributed by atoms with E-state index in [-0.39, 0.29) is 0 Å². The second kappa shape index (κ2) is 10.8. The van der Waals surface area contributed by atoms with Gasteiger partial charge >= 0.3 is 0 Å². The summed E-state index contributed by atoms with van der Waals surface area (Å²) in [6.45, 7) is 14.1. The van der Waals surface area contributed by atoms with E-state index < -0.39 is 0 Å². The molecule has 0 bridgehead atoms. The highest BCUT2D eigenvalue weighted by Gasteiger charge is 2.26. The number of fused-ring (bicyclic) bond motifs is 1. The number of thiol groups is 1. The van der Waals surface area contributed by atoms with Crippen molar-refractivity contribution in [2.24, 2.45) is 0 Å². The van der Waals surface area contributed by atoms with Crippen molar-refractivity contribution >= 4 is 18.3 Å². The van der Waals surface area contributed by atoms with Crippen LogP contribution < -0.4 is 4.90 Å². The molecule has 1 aliphatic rings. The number of hydrogen-bond donors (Lipinski definition) is 1. The average Bonchev–Trinajstić information content (AvgIpc) is 2.44. The number of benzene rings is 1. The Labute approximate surface area is 137 Å². The van der Waals surface area contributed by atoms with Crippen molar-refractivity contribution in [3.8, 4) is 0 Å². The van der Waals surface area contributed by atoms with Crippen molar-refractivity contribution in [1.29, 1.82) is 0 Å². The molecule has 0 amide bonds. The minimum absolute atomic E-state index is 0.660. The molecule has 2 atom stereocenters. The molecule has 0 aromatic heterocycles. The van der Waals surface area contributed by atoms with Gasteiger partial charge in [-0.15, -0.1) is 19.2 Å². The largest absolute Gasteiger partial charge is 0.371 e. The first-order chi connectivity index (χ1) is 9.96. The van der Waals surface area contributed by atoms with Crippen molar-refractivity contribution in [2.75, 3.05) is 11.9 Å². The van der Waals surface area contributed by atoms with Crippen LogP contribution in [-0.4, -0.2) is 13.1 Å². The summed E-state index contributed by atoms with van der Waals surface area (Å²) in [6, 6.07) is 7.20. The zero-order chi connectivity index (χ0) is 16.4. The van der Waals surface area contributed by atoms with E-state index >= 15 is 0 Å². The highest BCUT2D eigenvalue weighted by molar-refractivity contribution is 7.80. The van der Waals surface area contributed by atoms with Crippen molar-refractivity contribution in [1.82, 2.24) is 0 Å². The predicted molar refractivity (Wildman–Crippen MR) is 101 cm³/mol. The minimum Gasteiger partial charge on any atom is -0.371 e. The molecule has 0 spiro atoms. The van der Waals surface area contributed by atoms with Crippen molar-refractivity contribution < 1.29 is 0 Å². The maximum absolute atomic E-state index is 4.42. The lowest BCUT2D eigenvalue weighted by Crippen LogP contribution is -2.36. The summed E-state index contributed by atoms with van der Waals surface area (Å²) < 4.78 is 0. The number of anilines is 1. The topological polar surface area (TPSA) is 3.24 Å². The van der Waals surface area contributed by atoms with Gasteiger partial charge in [-0.2, -0.15) is 0 Å². The molecule has 0 N–H and O–H groups in total. The van der Waals surface area contributed by atoms with Gasteiger partial charge in [-0.05, 0) is 49.4 Å². The second-order valence-electron chi connectivity index (χ2n) is 5.67. The van der Waals surface area contributed by atoms with Crippen LogP contribution in [0.25, 0.3) is 0 Å². The summed E-state index contributed by atoms with van der Waals surface area (Å²) in [7, 11) is 2.21. The van der Waals surface area contributed by atoms with E-state index in [2.05, 4.69) is 77.0 Å². The summed E-state index contributed by atoms with van der Waals surface area (Å²) in [5.41, 5.74) is 2.84. The van der Waals surface area contributed by atoms with Crippen LogP contribution in [-0.2, 0) is 0 Å². The number of nitrogens with zero attached hydrogens (tertiary/aromatic N) is 1. The Bertz CT molecular complexity index is 414. The molecule has 1 unspecified atom stereocenters. The van der Waals surface area contributed by atoms with Crippen molar-refractivity contribution in [3.63, 3.8) is 0 Å². The molecule has 21 heavy (non-hydrogen) atoms. The number of rotatable bonds is 1. The van der Waals surface area contributed by atoms with E-state index in [1.807, 2.05) is 6.92 Å². The molecular weight excluding hydrogens is 274 g/mol. The Morgan fingerprint density at radius 1 is 1.33 bits per heavy atom. The summed E-state index contributed by atoms with van der Waals surface area (Å²) in [6.07, 6.45) is 5.49. The van der Waals surface area contributed by atoms with Gasteiger partial charge in [0.1, 0.15) is 0 Å². The van der Waals surface area contributed by atoms with Gasteiger partial charge in [0.25, 0.3) is 0 Å². The first-order valence-electron chi connectivity index (χ1n) is 8.09. The van der Waals surface area contributed by atoms with Crippen LogP contribution in [0.1, 0.15) is 65.4 Å². The van der Waals surface area contributed by atoms with E-state index in [0.717, 1.165) is 4.90 Å². The van der Waals surface area contributed by atoms with E-state index in [9.17, 15) is 0 Å². The molecule has 0 radical (unpaired) electrons. The number of hydrogen-bond acceptors (Lipinski definition) is 2. The van der Waals surface area contributed by atoms with Crippen LogP contribution in [0.3, 0.4) is 0 Å². The minimum atomic E-state index is 0.660. The summed E-state index contributed by atoms with van der Waals surface area (Å²) in [5.74, 6) is 0.660. The van der Waals surface area contributed by atoms with Crippen LogP contribution in [0.2, 0.25) is 0 Å². The molecule has 0 saturated heterocycles. The van der Waals surface area contributed by atoms with Gasteiger partial charge in [0.2, 0.25) is 0 Å². The lowest BCUT2D eigenvalue weighted by molar-refractivity contribution is 0.490. The van der Waals surface area contributed by atoms with E-state index in [0.29, 0.717) is 12.0 Å². The van der Waals surface area contributed by atoms with Gasteiger partial charge < -0.3 is 4.90 Å². The fourth-order valence-electron chi connectivity index (χ4n) is 2.59. The molecule has 1 heterocycles. The highest BCUT2D eigenvalue weighted by Crippen LogP contribution is 2.39. The zero-order valence-electron chi connectivity index (χ0n) is 14.7. The smallest absolute Gasteiger partial charge is 0.0402 e. The third kappa shape index (κ3) is 6.17. The number of allylic oxidation sites excluding steroid dienone is 1. The summed E-state index contributed by atoms with van der Waals surface area (Å²) in [4.78, 5) is 3.49. The van der Waals surface area contributed by atoms with E-state index in [1.54, 1.807) is 6.08 Å². The molecule has 1 aromatic carbocycles. The molecule has 120 valence electrons. The summed E-state index contributed by atoms with van der Waals surface area (Å²) >= 11 is 4.42. The maximum Gasteiger partial charge on any atom is 0.0402 e. The third-order valence-electron chi connectivity index (χ3n) is 3.57. The molecule has 2 heteroatoms. The van der Waals surface area contributed by atoms with Crippen LogP contribution >= 0.6 is 12.6 Å². The van der Waals surface area contributed by atoms with Gasteiger partial charge in [0.15, 0.2) is 0 Å². The third-order valence-corrected chi connectivity index (χ3v) is 3.84. The molecule has 1 aromatic rings. The van der Waals surface area contributed by atoms with E-state index in [1.165, 1.54) is 30.5 Å². The van der Waals surface area contributed by atoms with Gasteiger partial charge in [0, 0.05) is 23.7 Å². The standard InChI is InChI=1S/C13H19NS.C3H8.C3H6/c1-4-10-7-9(2)12-8-11(15)5-6-13(12)14(10)3;2*1-3-2/h5-6,8-10,15H,4,7H2,1-3H3;3H2,1-2H3;3H,1H2,2H3/t9?,10-;;/m1../s1. The van der Waals surface area contributed by atoms with Gasteiger partial charge in [0.05, 0.1) is 0 Å². The normalized spacial score (nSPS) is 19.5. The maximum atomic E-state index is 4.42. The Kier molecular flexibility index (Phi) is 10.3. The molecule has 0 saturated carbocycles. The lowest BCUT2D eigenvalue weighted by Gasteiger charge is -2.39. The average molecular weight is 308 g/mol. The molecular formula is C19H33NS. The molecule has 1 aliphatic heterocycles. The van der Waals surface area contributed by atoms with Crippen LogP contribution in [0.5, 0.6) is 0 Å². The Balaban J connectivity index is 0.000000578. The fraction of sp³-hybridized carbons (Fsp3) is 0.579. The SMILES string of the molecule is C=CC.CCC.CC[C@@H]1CC(C)c2cc(S)ccc2N1C. The van der Waals surface area contributed by atoms with Gasteiger partial charge in [-0.25, -0.2) is 0 Å². The van der Waals surface area contributed by atoms with E-state index in [4.69, 9.17) is 0 Å². The quantitative estimate of drug-likeness (QED) is 0.470. The first-order valence-corrected chi connectivity index (χ1v) is 8.54. The first kappa shape index (κ1) is 20.1. The monoisotopic (exact) mass is 307 g/mol. The Hall–Kier alpha value is -0.890. The molecule has 2 rings (SSSR count). The highest BCUT2D eigenvalue weighted by atomic mass is 32.1. The van der Waals surface area contributed by atoms with Crippen LogP contribution in [0, 0.1) is 0 Å². The van der Waals surface area contributed by atoms with Gasteiger partial charge in [-0.1, -0.05) is 40.2 Å². The van der Waals surface area contributed by atoms with Crippen molar-refractivity contribution in [2.45, 2.75) is 70.7 Å². The van der Waals surface area contributed by atoms with Gasteiger partial charge in [-0.3, -0.25) is 0 Å². The molecule has 0 aliphatic carbocycles. The lowest BCUT2D eigenvalue weighted by atomic mass is 9.86. The molecule has 1 nitrogen and oxygen atoms in total.